The van der Waals surface area contributed by atoms with E-state index < -0.39 is 0 Å². The number of hydrogen-bond donors (Lipinski definition) is 0. The number of fused-ring (bicyclic) bond motifs is 1. The third-order valence-electron chi connectivity index (χ3n) is 4.81. The molecular formula is C20H19N7O2S. The Morgan fingerprint density at radius 3 is 2.60 bits per heavy atom. The van der Waals surface area contributed by atoms with Gasteiger partial charge >= 0.3 is 0 Å². The average molecular weight is 421 g/mol. The van der Waals surface area contributed by atoms with E-state index in [0.29, 0.717) is 18.2 Å². The van der Waals surface area contributed by atoms with Crippen LogP contribution in [0.2, 0.25) is 0 Å². The molecule has 0 aliphatic carbocycles. The fraction of sp³-hybridized carbons (Fsp3) is 0.250. The van der Waals surface area contributed by atoms with Crippen molar-refractivity contribution in [1.29, 1.82) is 0 Å². The zero-order valence-electron chi connectivity index (χ0n) is 16.4. The summed E-state index contributed by atoms with van der Waals surface area (Å²) < 4.78 is 15.6. The molecule has 3 heterocycles. The maximum absolute atomic E-state index is 6.07. The Labute approximate surface area is 177 Å². The molecule has 0 N–H and O–H groups in total. The molecular weight excluding hydrogens is 402 g/mol. The second kappa shape index (κ2) is 7.79. The van der Waals surface area contributed by atoms with Crippen molar-refractivity contribution in [2.75, 3.05) is 6.61 Å². The summed E-state index contributed by atoms with van der Waals surface area (Å²) in [7, 11) is 1.93. The third-order valence-corrected chi connectivity index (χ3v) is 5.94. The van der Waals surface area contributed by atoms with Crippen molar-refractivity contribution in [2.24, 2.45) is 7.05 Å². The van der Waals surface area contributed by atoms with Crippen LogP contribution in [0.4, 0.5) is 0 Å². The number of tetrazole rings is 1. The Kier molecular flexibility index (Phi) is 4.83. The lowest BCUT2D eigenvalue weighted by atomic mass is 10.2. The molecule has 30 heavy (non-hydrogen) atoms. The molecule has 1 aliphatic rings. The van der Waals surface area contributed by atoms with E-state index in [1.807, 2.05) is 73.1 Å². The van der Waals surface area contributed by atoms with Gasteiger partial charge in [-0.25, -0.2) is 0 Å². The molecule has 152 valence electrons. The van der Waals surface area contributed by atoms with Gasteiger partial charge in [0.2, 0.25) is 0 Å². The molecule has 0 bridgehead atoms. The van der Waals surface area contributed by atoms with Gasteiger partial charge in [0.1, 0.15) is 6.61 Å². The van der Waals surface area contributed by atoms with Crippen molar-refractivity contribution < 1.29 is 9.47 Å². The van der Waals surface area contributed by atoms with Crippen LogP contribution in [0.1, 0.15) is 29.9 Å². The summed E-state index contributed by atoms with van der Waals surface area (Å²) >= 11 is 1.54. The SMILES string of the molecule is CC(Sc1nnc(C2COc3ccccc3O2)n1C)c1nnnn1-c1ccccc1. The molecule has 2 atom stereocenters. The Morgan fingerprint density at radius 1 is 1.00 bits per heavy atom. The van der Waals surface area contributed by atoms with E-state index in [1.165, 1.54) is 11.8 Å². The van der Waals surface area contributed by atoms with Gasteiger partial charge in [0.25, 0.3) is 0 Å². The van der Waals surface area contributed by atoms with E-state index in [-0.39, 0.29) is 11.4 Å². The van der Waals surface area contributed by atoms with Gasteiger partial charge in [0.15, 0.2) is 34.4 Å². The van der Waals surface area contributed by atoms with Crippen molar-refractivity contribution in [3.8, 4) is 17.2 Å². The Hall–Kier alpha value is -3.40. The van der Waals surface area contributed by atoms with Crippen LogP contribution in [0.5, 0.6) is 11.5 Å². The van der Waals surface area contributed by atoms with E-state index in [2.05, 4.69) is 25.7 Å². The molecule has 2 aromatic heterocycles. The highest BCUT2D eigenvalue weighted by molar-refractivity contribution is 7.99. The second-order valence-corrected chi connectivity index (χ2v) is 8.12. The number of thioether (sulfide) groups is 1. The first kappa shape index (κ1) is 18.6. The van der Waals surface area contributed by atoms with Gasteiger partial charge in [0.05, 0.1) is 10.9 Å². The van der Waals surface area contributed by atoms with Crippen molar-refractivity contribution in [2.45, 2.75) is 23.4 Å². The van der Waals surface area contributed by atoms with Gasteiger partial charge in [-0.15, -0.1) is 15.3 Å². The number of hydrogen-bond acceptors (Lipinski definition) is 8. The van der Waals surface area contributed by atoms with Gasteiger partial charge in [-0.1, -0.05) is 42.1 Å². The highest BCUT2D eigenvalue weighted by Crippen LogP contribution is 2.37. The van der Waals surface area contributed by atoms with Crippen LogP contribution in [0.15, 0.2) is 59.8 Å². The predicted octanol–water partition coefficient (Wildman–Crippen LogP) is 3.16. The number of nitrogens with zero attached hydrogens (tertiary/aromatic N) is 7. The number of aromatic nitrogens is 7. The summed E-state index contributed by atoms with van der Waals surface area (Å²) in [6.45, 7) is 2.43. The molecule has 0 spiro atoms. The summed E-state index contributed by atoms with van der Waals surface area (Å²) in [5, 5.41) is 21.6. The largest absolute Gasteiger partial charge is 0.485 e. The van der Waals surface area contributed by atoms with Crippen molar-refractivity contribution >= 4 is 11.8 Å². The summed E-state index contributed by atoms with van der Waals surface area (Å²) in [5.41, 5.74) is 0.912. The predicted molar refractivity (Wildman–Crippen MR) is 110 cm³/mol. The molecule has 0 amide bonds. The molecule has 5 rings (SSSR count). The van der Waals surface area contributed by atoms with Crippen LogP contribution in [0, 0.1) is 0 Å². The van der Waals surface area contributed by atoms with Crippen LogP contribution in [0.25, 0.3) is 5.69 Å². The van der Waals surface area contributed by atoms with Crippen LogP contribution in [-0.4, -0.2) is 41.6 Å². The third kappa shape index (κ3) is 3.39. The zero-order valence-corrected chi connectivity index (χ0v) is 17.2. The molecule has 9 nitrogen and oxygen atoms in total. The van der Waals surface area contributed by atoms with Crippen LogP contribution in [0.3, 0.4) is 0 Å². The number of benzene rings is 2. The minimum Gasteiger partial charge on any atom is -0.485 e. The number of rotatable bonds is 5. The van der Waals surface area contributed by atoms with E-state index in [0.717, 1.165) is 22.4 Å². The van der Waals surface area contributed by atoms with Gasteiger partial charge in [0, 0.05) is 7.05 Å². The van der Waals surface area contributed by atoms with Crippen molar-refractivity contribution in [3.05, 3.63) is 66.2 Å². The maximum Gasteiger partial charge on any atom is 0.192 e. The molecule has 4 aromatic rings. The van der Waals surface area contributed by atoms with Crippen LogP contribution < -0.4 is 9.47 Å². The monoisotopic (exact) mass is 421 g/mol. The first-order chi connectivity index (χ1) is 14.7. The molecule has 0 saturated carbocycles. The minimum absolute atomic E-state index is 0.0415. The van der Waals surface area contributed by atoms with Gasteiger partial charge in [-0.2, -0.15) is 4.68 Å². The first-order valence-electron chi connectivity index (χ1n) is 9.49. The van der Waals surface area contributed by atoms with E-state index in [4.69, 9.17) is 9.47 Å². The summed E-state index contributed by atoms with van der Waals surface area (Å²) in [5.74, 6) is 2.90. The van der Waals surface area contributed by atoms with E-state index >= 15 is 0 Å². The molecule has 0 radical (unpaired) electrons. The highest BCUT2D eigenvalue weighted by Gasteiger charge is 2.28. The lowest BCUT2D eigenvalue weighted by Crippen LogP contribution is -2.24. The highest BCUT2D eigenvalue weighted by atomic mass is 32.2. The standard InChI is InChI=1S/C20H19N7O2S/c1-13(18-22-24-25-27(18)14-8-4-3-5-9-14)30-20-23-21-19(26(20)2)17-12-28-15-10-6-7-11-16(15)29-17/h3-11,13,17H,12H2,1-2H3. The molecule has 0 saturated heterocycles. The number of para-hydroxylation sites is 3. The van der Waals surface area contributed by atoms with Crippen LogP contribution in [-0.2, 0) is 7.05 Å². The van der Waals surface area contributed by atoms with Gasteiger partial charge in [-0.3, -0.25) is 0 Å². The fourth-order valence-electron chi connectivity index (χ4n) is 3.27. The van der Waals surface area contributed by atoms with Crippen molar-refractivity contribution in [3.63, 3.8) is 0 Å². The fourth-order valence-corrected chi connectivity index (χ4v) is 4.18. The Balaban J connectivity index is 1.35. The van der Waals surface area contributed by atoms with Gasteiger partial charge < -0.3 is 14.0 Å². The summed E-state index contributed by atoms with van der Waals surface area (Å²) in [6, 6.07) is 17.4. The normalized spacial score (nSPS) is 16.4. The summed E-state index contributed by atoms with van der Waals surface area (Å²) in [6.07, 6.45) is -0.323. The minimum atomic E-state index is -0.323. The lowest BCUT2D eigenvalue weighted by Gasteiger charge is -2.25. The quantitative estimate of drug-likeness (QED) is 0.454. The Bertz CT molecular complexity index is 1160. The topological polar surface area (TPSA) is 92.8 Å². The summed E-state index contributed by atoms with van der Waals surface area (Å²) in [4.78, 5) is 0. The first-order valence-corrected chi connectivity index (χ1v) is 10.4. The second-order valence-electron chi connectivity index (χ2n) is 6.81. The molecule has 2 aromatic carbocycles. The van der Waals surface area contributed by atoms with Crippen LogP contribution >= 0.6 is 11.8 Å². The number of ether oxygens (including phenoxy) is 2. The van der Waals surface area contributed by atoms with Crippen molar-refractivity contribution in [1.82, 2.24) is 35.0 Å². The molecule has 10 heteroatoms. The zero-order chi connectivity index (χ0) is 20.5. The Morgan fingerprint density at radius 2 is 1.77 bits per heavy atom. The van der Waals surface area contributed by atoms with Gasteiger partial charge in [-0.05, 0) is 41.6 Å². The lowest BCUT2D eigenvalue weighted by molar-refractivity contribution is 0.0825. The molecule has 2 unspecified atom stereocenters. The average Bonchev–Trinajstić information content (AvgIpc) is 3.42. The molecule has 1 aliphatic heterocycles. The van der Waals surface area contributed by atoms with E-state index in [9.17, 15) is 0 Å². The molecule has 0 fully saturated rings. The smallest absolute Gasteiger partial charge is 0.192 e. The maximum atomic E-state index is 6.07. The van der Waals surface area contributed by atoms with E-state index in [1.54, 1.807) is 4.68 Å².